The summed E-state index contributed by atoms with van der Waals surface area (Å²) >= 11 is 0. The Kier molecular flexibility index (Phi) is 3.37. The topological polar surface area (TPSA) is 62.2 Å². The van der Waals surface area contributed by atoms with Crippen molar-refractivity contribution < 1.29 is 23.1 Å². The van der Waals surface area contributed by atoms with E-state index in [0.29, 0.717) is 12.1 Å². The van der Waals surface area contributed by atoms with Gasteiger partial charge in [-0.1, -0.05) is 0 Å². The number of benzene rings is 1. The van der Waals surface area contributed by atoms with Gasteiger partial charge in [0, 0.05) is 12.1 Å². The Labute approximate surface area is 105 Å². The highest BCUT2D eigenvalue weighted by molar-refractivity contribution is 5.85. The van der Waals surface area contributed by atoms with E-state index in [-0.39, 0.29) is 17.1 Å². The van der Waals surface area contributed by atoms with Gasteiger partial charge in [-0.05, 0) is 12.1 Å². The van der Waals surface area contributed by atoms with Crippen LogP contribution >= 0.6 is 0 Å². The number of pyridine rings is 1. The van der Waals surface area contributed by atoms with Crippen molar-refractivity contribution in [2.75, 3.05) is 5.32 Å². The number of carboxylic acids is 1. The minimum absolute atomic E-state index is 0.184. The van der Waals surface area contributed by atoms with Crippen molar-refractivity contribution in [2.24, 2.45) is 0 Å². The number of halogens is 3. The molecule has 0 aliphatic carbocycles. The van der Waals surface area contributed by atoms with E-state index >= 15 is 0 Å². The van der Waals surface area contributed by atoms with Gasteiger partial charge in [0.2, 0.25) is 0 Å². The zero-order chi connectivity index (χ0) is 14.0. The van der Waals surface area contributed by atoms with Crippen molar-refractivity contribution in [1.82, 2.24) is 4.98 Å². The molecule has 0 radical (unpaired) electrons. The molecule has 19 heavy (non-hydrogen) atoms. The molecule has 0 spiro atoms. The molecule has 0 amide bonds. The van der Waals surface area contributed by atoms with Crippen molar-refractivity contribution >= 4 is 17.3 Å². The number of nitrogens with one attached hydrogen (secondary N) is 1. The molecule has 0 saturated carbocycles. The fourth-order valence-corrected chi connectivity index (χ4v) is 1.37. The predicted molar refractivity (Wildman–Crippen MR) is 60.8 cm³/mol. The van der Waals surface area contributed by atoms with Gasteiger partial charge in [0.25, 0.3) is 0 Å². The molecule has 0 aliphatic rings. The van der Waals surface area contributed by atoms with Crippen LogP contribution < -0.4 is 5.32 Å². The third kappa shape index (κ3) is 2.82. The number of aromatic carboxylic acids is 1. The molecule has 1 aromatic carbocycles. The molecular weight excluding hydrogens is 261 g/mol. The molecule has 2 aromatic rings. The van der Waals surface area contributed by atoms with E-state index in [0.717, 1.165) is 6.20 Å². The van der Waals surface area contributed by atoms with Gasteiger partial charge in [0.1, 0.15) is 11.5 Å². The van der Waals surface area contributed by atoms with Gasteiger partial charge in [0.05, 0.1) is 17.6 Å². The lowest BCUT2D eigenvalue weighted by molar-refractivity contribution is 0.0690. The summed E-state index contributed by atoms with van der Waals surface area (Å²) in [5.41, 5.74) is -0.213. The van der Waals surface area contributed by atoms with Gasteiger partial charge < -0.3 is 10.4 Å². The molecule has 4 nitrogen and oxygen atoms in total. The van der Waals surface area contributed by atoms with Gasteiger partial charge in [-0.25, -0.2) is 22.9 Å². The fourth-order valence-electron chi connectivity index (χ4n) is 1.37. The average Bonchev–Trinajstić information content (AvgIpc) is 2.36. The number of anilines is 2. The van der Waals surface area contributed by atoms with Crippen LogP contribution in [0.5, 0.6) is 0 Å². The molecule has 0 fully saturated rings. The summed E-state index contributed by atoms with van der Waals surface area (Å²) in [5, 5.41) is 11.1. The Morgan fingerprint density at radius 2 is 1.79 bits per heavy atom. The molecule has 0 aliphatic heterocycles. The van der Waals surface area contributed by atoms with Gasteiger partial charge in [0.15, 0.2) is 11.6 Å². The van der Waals surface area contributed by atoms with Crippen LogP contribution in [0, 0.1) is 17.5 Å². The van der Waals surface area contributed by atoms with Crippen LogP contribution in [0.3, 0.4) is 0 Å². The zero-order valence-electron chi connectivity index (χ0n) is 9.32. The lowest BCUT2D eigenvalue weighted by atomic mass is 10.2. The van der Waals surface area contributed by atoms with Crippen LogP contribution in [-0.4, -0.2) is 16.1 Å². The van der Waals surface area contributed by atoms with Gasteiger partial charge >= 0.3 is 5.97 Å². The van der Waals surface area contributed by atoms with Crippen LogP contribution in [0.1, 0.15) is 10.5 Å². The number of hydrogen-bond donors (Lipinski definition) is 2. The Hall–Kier alpha value is -2.57. The predicted octanol–water partition coefficient (Wildman–Crippen LogP) is 2.94. The highest BCUT2D eigenvalue weighted by Gasteiger charge is 2.10. The lowest BCUT2D eigenvalue weighted by Crippen LogP contribution is -2.01. The Balaban J connectivity index is 2.26. The smallest absolute Gasteiger partial charge is 0.354 e. The average molecular weight is 268 g/mol. The minimum Gasteiger partial charge on any atom is -0.477 e. The van der Waals surface area contributed by atoms with Crippen molar-refractivity contribution in [3.63, 3.8) is 0 Å². The molecule has 98 valence electrons. The molecule has 0 bridgehead atoms. The second kappa shape index (κ2) is 4.97. The highest BCUT2D eigenvalue weighted by Crippen LogP contribution is 2.22. The lowest BCUT2D eigenvalue weighted by Gasteiger charge is -2.07. The van der Waals surface area contributed by atoms with Crippen LogP contribution in [0.25, 0.3) is 0 Å². The van der Waals surface area contributed by atoms with Crippen LogP contribution in [0.2, 0.25) is 0 Å². The third-order valence-electron chi connectivity index (χ3n) is 2.27. The Morgan fingerprint density at radius 3 is 2.37 bits per heavy atom. The Bertz CT molecular complexity index is 630. The summed E-state index contributed by atoms with van der Waals surface area (Å²) in [5.74, 6) is -4.66. The second-order valence-electron chi connectivity index (χ2n) is 3.61. The summed E-state index contributed by atoms with van der Waals surface area (Å²) in [6, 6.07) is 3.60. The second-order valence-corrected chi connectivity index (χ2v) is 3.61. The molecule has 0 unspecified atom stereocenters. The van der Waals surface area contributed by atoms with Crippen LogP contribution in [0.4, 0.5) is 24.5 Å². The SMILES string of the molecule is O=C(O)c1ccc(Nc2cc(F)c(F)cc2F)cn1. The maximum absolute atomic E-state index is 13.3. The van der Waals surface area contributed by atoms with Gasteiger partial charge in [-0.2, -0.15) is 0 Å². The van der Waals surface area contributed by atoms with E-state index in [9.17, 15) is 18.0 Å². The molecule has 7 heteroatoms. The first-order valence-corrected chi connectivity index (χ1v) is 5.08. The van der Waals surface area contributed by atoms with Gasteiger partial charge in [-0.3, -0.25) is 0 Å². The van der Waals surface area contributed by atoms with E-state index in [4.69, 9.17) is 5.11 Å². The molecule has 0 atom stereocenters. The maximum Gasteiger partial charge on any atom is 0.354 e. The minimum atomic E-state index is -1.29. The third-order valence-corrected chi connectivity index (χ3v) is 2.27. The molecule has 2 N–H and O–H groups in total. The maximum atomic E-state index is 13.3. The normalized spacial score (nSPS) is 10.3. The largest absolute Gasteiger partial charge is 0.477 e. The van der Waals surface area contributed by atoms with Crippen LogP contribution in [-0.2, 0) is 0 Å². The first kappa shape index (κ1) is 12.9. The van der Waals surface area contributed by atoms with Crippen LogP contribution in [0.15, 0.2) is 30.5 Å². The van der Waals surface area contributed by atoms with Gasteiger partial charge in [-0.15, -0.1) is 0 Å². The zero-order valence-corrected chi connectivity index (χ0v) is 9.32. The Morgan fingerprint density at radius 1 is 1.11 bits per heavy atom. The van der Waals surface area contributed by atoms with E-state index in [1.54, 1.807) is 0 Å². The van der Waals surface area contributed by atoms with E-state index in [1.807, 2.05) is 0 Å². The van der Waals surface area contributed by atoms with E-state index < -0.39 is 23.4 Å². The monoisotopic (exact) mass is 268 g/mol. The number of hydrogen-bond acceptors (Lipinski definition) is 3. The quantitative estimate of drug-likeness (QED) is 0.840. The number of carbonyl (C=O) groups is 1. The van der Waals surface area contributed by atoms with E-state index in [2.05, 4.69) is 10.3 Å². The highest BCUT2D eigenvalue weighted by atomic mass is 19.2. The summed E-state index contributed by atoms with van der Waals surface area (Å²) in [4.78, 5) is 14.2. The van der Waals surface area contributed by atoms with E-state index in [1.165, 1.54) is 12.1 Å². The van der Waals surface area contributed by atoms with Crippen molar-refractivity contribution in [3.8, 4) is 0 Å². The fraction of sp³-hybridized carbons (Fsp3) is 0. The summed E-state index contributed by atoms with van der Waals surface area (Å²) < 4.78 is 39.0. The number of aromatic nitrogens is 1. The molecule has 1 aromatic heterocycles. The number of carboxylic acid groups (broad SMARTS) is 1. The van der Waals surface area contributed by atoms with Crippen molar-refractivity contribution in [1.29, 1.82) is 0 Å². The first-order chi connectivity index (χ1) is 8.97. The first-order valence-electron chi connectivity index (χ1n) is 5.08. The molecule has 2 rings (SSSR count). The standard InChI is InChI=1S/C12H7F3N2O2/c13-7-3-9(15)11(4-8(7)14)17-6-1-2-10(12(18)19)16-5-6/h1-5,17H,(H,18,19). The molecule has 0 saturated heterocycles. The summed E-state index contributed by atoms with van der Waals surface area (Å²) in [6.45, 7) is 0. The summed E-state index contributed by atoms with van der Waals surface area (Å²) in [6.07, 6.45) is 1.14. The molecular formula is C12H7F3N2O2. The number of nitrogens with zero attached hydrogens (tertiary/aromatic N) is 1. The van der Waals surface area contributed by atoms with Crippen molar-refractivity contribution in [2.45, 2.75) is 0 Å². The summed E-state index contributed by atoms with van der Waals surface area (Å²) in [7, 11) is 0. The number of rotatable bonds is 3. The van der Waals surface area contributed by atoms with Crippen molar-refractivity contribution in [3.05, 3.63) is 53.6 Å². The molecule has 1 heterocycles.